The maximum Gasteiger partial charge on any atom is 0.451 e. The Bertz CT molecular complexity index is 417. The van der Waals surface area contributed by atoms with Gasteiger partial charge in [0.15, 0.2) is 0 Å². The molecular formula is C13H28BCl2N3O5. The van der Waals surface area contributed by atoms with E-state index in [4.69, 9.17) is 21.5 Å². The van der Waals surface area contributed by atoms with Crippen LogP contribution in [0.3, 0.4) is 0 Å². The van der Waals surface area contributed by atoms with Crippen molar-refractivity contribution < 1.29 is 24.7 Å². The topological polar surface area (TPSA) is 159 Å². The van der Waals surface area contributed by atoms with Gasteiger partial charge in [0.05, 0.1) is 6.04 Å². The second-order valence-corrected chi connectivity index (χ2v) is 6.28. The van der Waals surface area contributed by atoms with Gasteiger partial charge >= 0.3 is 13.1 Å². The number of hydrogen-bond acceptors (Lipinski definition) is 6. The fourth-order valence-corrected chi connectivity index (χ4v) is 3.00. The molecule has 1 aliphatic carbocycles. The second-order valence-electron chi connectivity index (χ2n) is 6.28. The Hall–Kier alpha value is -0.575. The van der Waals surface area contributed by atoms with Crippen LogP contribution < -0.4 is 16.8 Å². The lowest BCUT2D eigenvalue weighted by Gasteiger charge is -2.41. The second kappa shape index (κ2) is 11.1. The summed E-state index contributed by atoms with van der Waals surface area (Å²) in [4.78, 5) is 23.1. The largest absolute Gasteiger partial charge is 0.480 e. The number of carbonyl (C=O) groups is 2. The van der Waals surface area contributed by atoms with Crippen LogP contribution >= 0.6 is 24.8 Å². The van der Waals surface area contributed by atoms with Crippen molar-refractivity contribution in [3.8, 4) is 0 Å². The van der Waals surface area contributed by atoms with Gasteiger partial charge in [0, 0.05) is 12.5 Å². The molecule has 0 heterocycles. The molecule has 24 heavy (non-hydrogen) atoms. The quantitative estimate of drug-likeness (QED) is 0.316. The third kappa shape index (κ3) is 7.12. The number of halogens is 2. The third-order valence-electron chi connectivity index (χ3n) is 4.45. The van der Waals surface area contributed by atoms with Crippen molar-refractivity contribution in [3.63, 3.8) is 0 Å². The van der Waals surface area contributed by atoms with Crippen LogP contribution in [0.25, 0.3) is 0 Å². The summed E-state index contributed by atoms with van der Waals surface area (Å²) in [6.07, 6.45) is 2.29. The summed E-state index contributed by atoms with van der Waals surface area (Å²) in [5.41, 5.74) is 10.1. The normalized spacial score (nSPS) is 27.2. The van der Waals surface area contributed by atoms with Crippen molar-refractivity contribution in [1.82, 2.24) is 5.32 Å². The molecule has 1 amide bonds. The molecule has 0 bridgehead atoms. The van der Waals surface area contributed by atoms with Gasteiger partial charge in [-0.05, 0) is 38.4 Å². The molecule has 11 heteroatoms. The minimum atomic E-state index is -1.42. The summed E-state index contributed by atoms with van der Waals surface area (Å²) >= 11 is 0. The fraction of sp³-hybridized carbons (Fsp3) is 0.846. The van der Waals surface area contributed by atoms with E-state index >= 15 is 0 Å². The number of amides is 1. The summed E-state index contributed by atoms with van der Waals surface area (Å²) < 4.78 is 0. The van der Waals surface area contributed by atoms with Crippen molar-refractivity contribution in [3.05, 3.63) is 0 Å². The van der Waals surface area contributed by atoms with Gasteiger partial charge in [-0.2, -0.15) is 0 Å². The van der Waals surface area contributed by atoms with Gasteiger partial charge in [0.1, 0.15) is 5.54 Å². The van der Waals surface area contributed by atoms with E-state index in [0.29, 0.717) is 12.8 Å². The van der Waals surface area contributed by atoms with E-state index < -0.39 is 24.7 Å². The summed E-state index contributed by atoms with van der Waals surface area (Å²) in [6.45, 7) is 1.73. The van der Waals surface area contributed by atoms with Crippen molar-refractivity contribution in [1.29, 1.82) is 0 Å². The average Bonchev–Trinajstić information content (AvgIpc) is 2.43. The lowest BCUT2D eigenvalue weighted by atomic mass is 9.66. The molecule has 0 spiro atoms. The molecule has 1 fully saturated rings. The smallest absolute Gasteiger partial charge is 0.451 e. The Labute approximate surface area is 154 Å². The Morgan fingerprint density at radius 2 is 1.92 bits per heavy atom. The number of rotatable bonds is 7. The van der Waals surface area contributed by atoms with E-state index in [1.165, 1.54) is 0 Å². The minimum Gasteiger partial charge on any atom is -0.480 e. The zero-order chi connectivity index (χ0) is 16.9. The first-order valence-electron chi connectivity index (χ1n) is 7.58. The van der Waals surface area contributed by atoms with E-state index in [9.17, 15) is 14.7 Å². The van der Waals surface area contributed by atoms with Crippen molar-refractivity contribution >= 4 is 43.8 Å². The molecule has 0 aromatic rings. The highest BCUT2D eigenvalue weighted by Crippen LogP contribution is 2.37. The van der Waals surface area contributed by atoms with E-state index in [0.717, 1.165) is 6.42 Å². The van der Waals surface area contributed by atoms with Crippen LogP contribution in [0.4, 0.5) is 0 Å². The minimum absolute atomic E-state index is 0. The zero-order valence-electron chi connectivity index (χ0n) is 13.7. The number of carboxylic acids is 1. The SMILES string of the molecule is C[C@@H](N)C(=O)NC[C@@H]1CC[C@@H](CCB(O)O)C[C@]1(N)C(=O)O.Cl.Cl. The summed E-state index contributed by atoms with van der Waals surface area (Å²) in [5, 5.41) is 30.0. The molecule has 0 aromatic carbocycles. The van der Waals surface area contributed by atoms with E-state index in [2.05, 4.69) is 5.32 Å². The van der Waals surface area contributed by atoms with Crippen LogP contribution in [0.5, 0.6) is 0 Å². The van der Waals surface area contributed by atoms with Crippen molar-refractivity contribution in [2.45, 2.75) is 50.5 Å². The highest BCUT2D eigenvalue weighted by Gasteiger charge is 2.46. The molecule has 8 nitrogen and oxygen atoms in total. The van der Waals surface area contributed by atoms with Gasteiger partial charge in [0.25, 0.3) is 0 Å². The van der Waals surface area contributed by atoms with Crippen LogP contribution in [0.15, 0.2) is 0 Å². The molecule has 4 atom stereocenters. The molecule has 0 aliphatic heterocycles. The van der Waals surface area contributed by atoms with Crippen LogP contribution in [0, 0.1) is 11.8 Å². The molecular weight excluding hydrogens is 360 g/mol. The lowest BCUT2D eigenvalue weighted by Crippen LogP contribution is -2.60. The number of carboxylic acid groups (broad SMARTS) is 1. The summed E-state index contributed by atoms with van der Waals surface area (Å²) in [5.74, 6) is -1.77. The van der Waals surface area contributed by atoms with Crippen LogP contribution in [-0.2, 0) is 9.59 Å². The highest BCUT2D eigenvalue weighted by molar-refractivity contribution is 6.40. The number of carbonyl (C=O) groups excluding carboxylic acids is 1. The predicted octanol–water partition coefficient (Wildman–Crippen LogP) is -0.645. The van der Waals surface area contributed by atoms with Gasteiger partial charge in [0.2, 0.25) is 5.91 Å². The monoisotopic (exact) mass is 387 g/mol. The summed E-state index contributed by atoms with van der Waals surface area (Å²) in [7, 11) is -1.39. The molecule has 1 rings (SSSR count). The average molecular weight is 388 g/mol. The Kier molecular flexibility index (Phi) is 11.9. The standard InChI is InChI=1S/C13H26BN3O5.2ClH/c1-8(15)11(18)17-7-10-3-2-9(4-5-14(21)22)6-13(10,16)12(19)20;;/h8-10,21-22H,2-7,15-16H2,1H3,(H,17,18)(H,19,20);2*1H/t8-,9+,10+,13-;;/m1../s1. The predicted molar refractivity (Wildman–Crippen MR) is 96.2 cm³/mol. The van der Waals surface area contributed by atoms with Gasteiger partial charge in [-0.1, -0.05) is 6.42 Å². The van der Waals surface area contributed by atoms with Gasteiger partial charge < -0.3 is 31.9 Å². The maximum absolute atomic E-state index is 11.6. The van der Waals surface area contributed by atoms with Gasteiger partial charge in [-0.3, -0.25) is 9.59 Å². The van der Waals surface area contributed by atoms with Crippen LogP contribution in [-0.4, -0.2) is 52.3 Å². The van der Waals surface area contributed by atoms with Gasteiger partial charge in [-0.25, -0.2) is 0 Å². The fourth-order valence-electron chi connectivity index (χ4n) is 3.00. The van der Waals surface area contributed by atoms with E-state index in [1.807, 2.05) is 0 Å². The Balaban J connectivity index is 0. The number of nitrogens with two attached hydrogens (primary N) is 2. The third-order valence-corrected chi connectivity index (χ3v) is 4.45. The first-order valence-corrected chi connectivity index (χ1v) is 7.58. The summed E-state index contributed by atoms with van der Waals surface area (Å²) in [6, 6.07) is -0.653. The van der Waals surface area contributed by atoms with Crippen molar-refractivity contribution in [2.24, 2.45) is 23.3 Å². The highest BCUT2D eigenvalue weighted by atomic mass is 35.5. The first-order chi connectivity index (χ1) is 10.2. The molecule has 1 aliphatic rings. The number of aliphatic carboxylic acids is 1. The zero-order valence-corrected chi connectivity index (χ0v) is 15.3. The van der Waals surface area contributed by atoms with E-state index in [1.54, 1.807) is 6.92 Å². The first kappa shape index (κ1) is 25.7. The Morgan fingerprint density at radius 1 is 1.33 bits per heavy atom. The number of nitrogens with one attached hydrogen (secondary N) is 1. The molecule has 0 radical (unpaired) electrons. The Morgan fingerprint density at radius 3 is 2.38 bits per heavy atom. The lowest BCUT2D eigenvalue weighted by molar-refractivity contribution is -0.148. The molecule has 8 N–H and O–H groups in total. The van der Waals surface area contributed by atoms with E-state index in [-0.39, 0.29) is 61.8 Å². The van der Waals surface area contributed by atoms with Gasteiger partial charge in [-0.15, -0.1) is 24.8 Å². The molecule has 142 valence electrons. The molecule has 0 aromatic heterocycles. The molecule has 0 saturated heterocycles. The maximum atomic E-state index is 11.6. The van der Waals surface area contributed by atoms with Crippen LogP contribution in [0.2, 0.25) is 6.32 Å². The molecule has 0 unspecified atom stereocenters. The van der Waals surface area contributed by atoms with Crippen molar-refractivity contribution in [2.75, 3.05) is 6.54 Å². The molecule has 1 saturated carbocycles. The number of hydrogen-bond donors (Lipinski definition) is 6. The van der Waals surface area contributed by atoms with Crippen LogP contribution in [0.1, 0.15) is 32.6 Å².